The quantitative estimate of drug-likeness (QED) is 0.490. The zero-order valence-corrected chi connectivity index (χ0v) is 13.0. The number of ketones is 1. The molecule has 2 aromatic carbocycles. The van der Waals surface area contributed by atoms with Crippen LogP contribution in [0.5, 0.6) is 0 Å². The Morgan fingerprint density at radius 2 is 1.68 bits per heavy atom. The minimum absolute atomic E-state index is 0.00397. The Labute approximate surface area is 133 Å². The predicted molar refractivity (Wildman–Crippen MR) is 92.6 cm³/mol. The lowest BCUT2D eigenvalue weighted by Gasteiger charge is -2.04. The van der Waals surface area contributed by atoms with Crippen molar-refractivity contribution in [2.45, 2.75) is 6.92 Å². The molecule has 3 rings (SSSR count). The summed E-state index contributed by atoms with van der Waals surface area (Å²) in [4.78, 5) is 19.4. The summed E-state index contributed by atoms with van der Waals surface area (Å²) in [5.74, 6) is -0.00397. The molecule has 0 bridgehead atoms. The van der Waals surface area contributed by atoms with E-state index in [0.29, 0.717) is 16.8 Å². The molecule has 0 N–H and O–H groups in total. The second-order valence-electron chi connectivity index (χ2n) is 4.92. The fraction of sp³-hybridized carbons (Fsp3) is 0.0526. The molecule has 1 aromatic heterocycles. The van der Waals surface area contributed by atoms with Gasteiger partial charge < -0.3 is 0 Å². The van der Waals surface area contributed by atoms with Crippen LogP contribution < -0.4 is 0 Å². The maximum absolute atomic E-state index is 12.6. The summed E-state index contributed by atoms with van der Waals surface area (Å²) in [7, 11) is 0. The maximum Gasteiger partial charge on any atom is 0.195 e. The highest BCUT2D eigenvalue weighted by Crippen LogP contribution is 2.23. The van der Waals surface area contributed by atoms with E-state index in [2.05, 4.69) is 18.0 Å². The zero-order valence-electron chi connectivity index (χ0n) is 12.2. The van der Waals surface area contributed by atoms with Crippen LogP contribution in [0.25, 0.3) is 0 Å². The molecule has 3 aromatic rings. The average molecular weight is 305 g/mol. The van der Waals surface area contributed by atoms with Crippen molar-refractivity contribution in [3.63, 3.8) is 0 Å². The number of thiophene rings is 1. The van der Waals surface area contributed by atoms with Gasteiger partial charge in [-0.05, 0) is 31.2 Å². The first kappa shape index (κ1) is 14.4. The normalized spacial score (nSPS) is 11.0. The molecule has 0 atom stereocenters. The molecule has 0 saturated carbocycles. The SMILES string of the molecule is Cc1ccc(C=Nc2ccccc2C(=O)c2ccccc2)s1. The highest BCUT2D eigenvalue weighted by atomic mass is 32.1. The number of hydrogen-bond donors (Lipinski definition) is 0. The summed E-state index contributed by atoms with van der Waals surface area (Å²) in [5, 5.41) is 0. The van der Waals surface area contributed by atoms with Gasteiger partial charge in [-0.2, -0.15) is 0 Å². The van der Waals surface area contributed by atoms with Gasteiger partial charge in [-0.25, -0.2) is 0 Å². The van der Waals surface area contributed by atoms with Crippen molar-refractivity contribution >= 4 is 29.0 Å². The van der Waals surface area contributed by atoms with E-state index in [-0.39, 0.29) is 5.78 Å². The summed E-state index contributed by atoms with van der Waals surface area (Å²) in [5.41, 5.74) is 2.00. The largest absolute Gasteiger partial charge is 0.289 e. The second kappa shape index (κ2) is 6.50. The van der Waals surface area contributed by atoms with Gasteiger partial charge in [0.2, 0.25) is 0 Å². The molecule has 0 aliphatic carbocycles. The average Bonchev–Trinajstić information content (AvgIpc) is 2.99. The van der Waals surface area contributed by atoms with Gasteiger partial charge in [-0.15, -0.1) is 11.3 Å². The third-order valence-electron chi connectivity index (χ3n) is 3.28. The third kappa shape index (κ3) is 3.21. The fourth-order valence-electron chi connectivity index (χ4n) is 2.18. The number of benzene rings is 2. The summed E-state index contributed by atoms with van der Waals surface area (Å²) in [6.45, 7) is 2.06. The van der Waals surface area contributed by atoms with Crippen LogP contribution in [0.15, 0.2) is 71.7 Å². The molecule has 0 unspecified atom stereocenters. The molecule has 22 heavy (non-hydrogen) atoms. The van der Waals surface area contributed by atoms with Gasteiger partial charge in [0.05, 0.1) is 5.69 Å². The minimum atomic E-state index is -0.00397. The summed E-state index contributed by atoms with van der Waals surface area (Å²) < 4.78 is 0. The molecule has 0 spiro atoms. The van der Waals surface area contributed by atoms with Crippen molar-refractivity contribution in [3.8, 4) is 0 Å². The van der Waals surface area contributed by atoms with Gasteiger partial charge in [0.15, 0.2) is 5.78 Å². The van der Waals surface area contributed by atoms with E-state index >= 15 is 0 Å². The van der Waals surface area contributed by atoms with E-state index in [1.807, 2.05) is 66.9 Å². The molecule has 0 amide bonds. The van der Waals surface area contributed by atoms with Crippen LogP contribution in [0.1, 0.15) is 25.7 Å². The summed E-state index contributed by atoms with van der Waals surface area (Å²) >= 11 is 1.68. The lowest BCUT2D eigenvalue weighted by Crippen LogP contribution is -2.01. The van der Waals surface area contributed by atoms with Crippen LogP contribution in [-0.2, 0) is 0 Å². The molecule has 0 saturated heterocycles. The summed E-state index contributed by atoms with van der Waals surface area (Å²) in [6, 6.07) is 20.8. The van der Waals surface area contributed by atoms with Crippen molar-refractivity contribution in [1.82, 2.24) is 0 Å². The van der Waals surface area contributed by atoms with Crippen molar-refractivity contribution in [2.24, 2.45) is 4.99 Å². The molecule has 0 aliphatic heterocycles. The zero-order chi connectivity index (χ0) is 15.4. The Morgan fingerprint density at radius 1 is 0.955 bits per heavy atom. The molecule has 0 aliphatic rings. The standard InChI is InChI=1S/C19H15NOS/c1-14-11-12-16(22-14)13-20-18-10-6-5-9-17(18)19(21)15-7-3-2-4-8-15/h2-13H,1H3. The monoisotopic (exact) mass is 305 g/mol. The summed E-state index contributed by atoms with van der Waals surface area (Å²) in [6.07, 6.45) is 1.81. The highest BCUT2D eigenvalue weighted by molar-refractivity contribution is 7.13. The molecule has 0 radical (unpaired) electrons. The Kier molecular flexibility index (Phi) is 4.26. The van der Waals surface area contributed by atoms with E-state index in [9.17, 15) is 4.79 Å². The molecule has 2 nitrogen and oxygen atoms in total. The van der Waals surface area contributed by atoms with Gasteiger partial charge in [-0.3, -0.25) is 9.79 Å². The number of aryl methyl sites for hydroxylation is 1. The van der Waals surface area contributed by atoms with E-state index in [1.165, 1.54) is 4.88 Å². The van der Waals surface area contributed by atoms with Crippen molar-refractivity contribution in [3.05, 3.63) is 87.6 Å². The molecule has 1 heterocycles. The Balaban J connectivity index is 1.93. The smallest absolute Gasteiger partial charge is 0.195 e. The van der Waals surface area contributed by atoms with Crippen LogP contribution in [-0.4, -0.2) is 12.0 Å². The molecule has 0 fully saturated rings. The lowest BCUT2D eigenvalue weighted by atomic mass is 10.0. The molecular formula is C19H15NOS. The first-order valence-corrected chi connectivity index (χ1v) is 7.85. The molecular weight excluding hydrogens is 290 g/mol. The van der Waals surface area contributed by atoms with Gasteiger partial charge >= 0.3 is 0 Å². The lowest BCUT2D eigenvalue weighted by molar-refractivity contribution is 0.103. The van der Waals surface area contributed by atoms with E-state index in [1.54, 1.807) is 11.3 Å². The highest BCUT2D eigenvalue weighted by Gasteiger charge is 2.12. The number of carbonyl (C=O) groups excluding carboxylic acids is 1. The second-order valence-corrected chi connectivity index (χ2v) is 6.24. The van der Waals surface area contributed by atoms with E-state index in [0.717, 1.165) is 4.88 Å². The van der Waals surface area contributed by atoms with Gasteiger partial charge in [-0.1, -0.05) is 42.5 Å². The van der Waals surface area contributed by atoms with Crippen LogP contribution in [0.4, 0.5) is 5.69 Å². The van der Waals surface area contributed by atoms with Gasteiger partial charge in [0.25, 0.3) is 0 Å². The van der Waals surface area contributed by atoms with Crippen molar-refractivity contribution in [1.29, 1.82) is 0 Å². The predicted octanol–water partition coefficient (Wildman–Crippen LogP) is 5.04. The number of para-hydroxylation sites is 1. The van der Waals surface area contributed by atoms with Crippen LogP contribution >= 0.6 is 11.3 Å². The van der Waals surface area contributed by atoms with Crippen LogP contribution in [0.2, 0.25) is 0 Å². The van der Waals surface area contributed by atoms with Crippen LogP contribution in [0, 0.1) is 6.92 Å². The molecule has 3 heteroatoms. The molecule has 108 valence electrons. The number of hydrogen-bond acceptors (Lipinski definition) is 3. The van der Waals surface area contributed by atoms with Crippen molar-refractivity contribution in [2.75, 3.05) is 0 Å². The van der Waals surface area contributed by atoms with Crippen LogP contribution in [0.3, 0.4) is 0 Å². The van der Waals surface area contributed by atoms with E-state index < -0.39 is 0 Å². The maximum atomic E-state index is 12.6. The minimum Gasteiger partial charge on any atom is -0.289 e. The number of rotatable bonds is 4. The number of carbonyl (C=O) groups is 1. The third-order valence-corrected chi connectivity index (χ3v) is 4.21. The first-order chi connectivity index (χ1) is 10.7. The van der Waals surface area contributed by atoms with Gasteiger partial charge in [0.1, 0.15) is 0 Å². The fourth-order valence-corrected chi connectivity index (χ4v) is 2.93. The number of aliphatic imine (C=N–C) groups is 1. The van der Waals surface area contributed by atoms with E-state index in [4.69, 9.17) is 0 Å². The van der Waals surface area contributed by atoms with Crippen molar-refractivity contribution < 1.29 is 4.79 Å². The first-order valence-electron chi connectivity index (χ1n) is 7.03. The topological polar surface area (TPSA) is 29.4 Å². The van der Waals surface area contributed by atoms with Gasteiger partial charge in [0, 0.05) is 27.1 Å². The Morgan fingerprint density at radius 3 is 2.41 bits per heavy atom. The Bertz CT molecular complexity index is 818. The number of nitrogens with zero attached hydrogens (tertiary/aromatic N) is 1. The Hall–Kier alpha value is -2.52.